The minimum absolute atomic E-state index is 0.883. The van der Waals surface area contributed by atoms with Gasteiger partial charge in [0.1, 0.15) is 11.2 Å². The lowest BCUT2D eigenvalue weighted by Gasteiger charge is -2.28. The Labute approximate surface area is 330 Å². The maximum Gasteiger partial charge on any atom is 0.136 e. The van der Waals surface area contributed by atoms with Crippen molar-refractivity contribution in [1.29, 1.82) is 0 Å². The second kappa shape index (κ2) is 13.6. The minimum Gasteiger partial charge on any atom is -0.456 e. The molecule has 0 atom stereocenters. The van der Waals surface area contributed by atoms with Crippen LogP contribution < -0.4 is 4.90 Å². The SMILES string of the molecule is c1ccc(-c2cccc(N(c3ccc(-c4cccc(-n5c6ccccc6c6ccccc65)c4)cc3)c3ccccc3-c3cccc4oc5ccccc5c34)c2)cc1. The van der Waals surface area contributed by atoms with Crippen LogP contribution in [0.25, 0.3) is 82.8 Å². The molecule has 11 aromatic rings. The first-order valence-corrected chi connectivity index (χ1v) is 19.4. The molecule has 2 heterocycles. The van der Waals surface area contributed by atoms with Gasteiger partial charge < -0.3 is 13.9 Å². The molecular formula is C54H36N2O. The molecule has 0 bridgehead atoms. The highest BCUT2D eigenvalue weighted by molar-refractivity contribution is 6.14. The molecule has 0 saturated carbocycles. The van der Waals surface area contributed by atoms with Gasteiger partial charge in [-0.2, -0.15) is 0 Å². The topological polar surface area (TPSA) is 21.3 Å². The van der Waals surface area contributed by atoms with Gasteiger partial charge in [-0.1, -0.05) is 152 Å². The van der Waals surface area contributed by atoms with Gasteiger partial charge in [0.2, 0.25) is 0 Å². The number of hydrogen-bond donors (Lipinski definition) is 0. The normalized spacial score (nSPS) is 11.5. The fraction of sp³-hybridized carbons (Fsp3) is 0. The van der Waals surface area contributed by atoms with Crippen LogP contribution in [0.15, 0.2) is 223 Å². The van der Waals surface area contributed by atoms with E-state index < -0.39 is 0 Å². The summed E-state index contributed by atoms with van der Waals surface area (Å²) in [5, 5.41) is 4.76. The number of rotatable bonds is 7. The number of hydrogen-bond acceptors (Lipinski definition) is 2. The summed E-state index contributed by atoms with van der Waals surface area (Å²) in [4.78, 5) is 2.39. The monoisotopic (exact) mass is 728 g/mol. The fourth-order valence-electron chi connectivity index (χ4n) is 8.61. The van der Waals surface area contributed by atoms with E-state index in [1.165, 1.54) is 27.4 Å². The van der Waals surface area contributed by atoms with Crippen LogP contribution in [0.5, 0.6) is 0 Å². The molecule has 0 N–H and O–H groups in total. The van der Waals surface area contributed by atoms with E-state index in [0.717, 1.165) is 72.5 Å². The van der Waals surface area contributed by atoms with Crippen molar-refractivity contribution < 1.29 is 4.42 Å². The van der Waals surface area contributed by atoms with Gasteiger partial charge >= 0.3 is 0 Å². The molecule has 3 heteroatoms. The molecule has 3 nitrogen and oxygen atoms in total. The summed E-state index contributed by atoms with van der Waals surface area (Å²) in [6, 6.07) is 78.1. The Balaban J connectivity index is 1.06. The van der Waals surface area contributed by atoms with Crippen LogP contribution in [0.1, 0.15) is 0 Å². The summed E-state index contributed by atoms with van der Waals surface area (Å²) in [5.41, 5.74) is 15.5. The van der Waals surface area contributed by atoms with E-state index in [2.05, 4.69) is 216 Å². The third-order valence-electron chi connectivity index (χ3n) is 11.2. The van der Waals surface area contributed by atoms with Crippen molar-refractivity contribution in [3.63, 3.8) is 0 Å². The highest BCUT2D eigenvalue weighted by Crippen LogP contribution is 2.45. The highest BCUT2D eigenvalue weighted by Gasteiger charge is 2.21. The molecule has 9 aromatic carbocycles. The molecule has 0 radical (unpaired) electrons. The molecule has 0 saturated heterocycles. The lowest BCUT2D eigenvalue weighted by atomic mass is 9.96. The Kier molecular flexibility index (Phi) is 7.82. The van der Waals surface area contributed by atoms with Crippen molar-refractivity contribution in [2.45, 2.75) is 0 Å². The number of para-hydroxylation sites is 4. The van der Waals surface area contributed by atoms with Gasteiger partial charge in [0.05, 0.1) is 16.7 Å². The summed E-state index contributed by atoms with van der Waals surface area (Å²) in [6.07, 6.45) is 0. The van der Waals surface area contributed by atoms with E-state index in [4.69, 9.17) is 4.42 Å². The molecule has 0 aliphatic carbocycles. The summed E-state index contributed by atoms with van der Waals surface area (Å²) >= 11 is 0. The standard InChI is InChI=1S/C54H36N2O/c1-2-15-37(16-3-1)39-17-12-19-42(35-39)55(49-26-8-6-23-46(49)47-25-14-30-53-54(47)48-24-7-11-29-52(48)57-53)41-33-31-38(32-34-41)40-18-13-20-43(36-40)56-50-27-9-4-21-44(50)45-22-5-10-28-51(45)56/h1-36H. The number of nitrogens with zero attached hydrogens (tertiary/aromatic N) is 2. The number of fused-ring (bicyclic) bond motifs is 6. The quantitative estimate of drug-likeness (QED) is 0.163. The molecule has 0 aliphatic heterocycles. The van der Waals surface area contributed by atoms with E-state index in [9.17, 15) is 0 Å². The third kappa shape index (κ3) is 5.60. The Morgan fingerprint density at radius 3 is 1.70 bits per heavy atom. The Morgan fingerprint density at radius 1 is 0.351 bits per heavy atom. The van der Waals surface area contributed by atoms with Crippen LogP contribution in [0.3, 0.4) is 0 Å². The Morgan fingerprint density at radius 2 is 0.912 bits per heavy atom. The molecular weight excluding hydrogens is 693 g/mol. The van der Waals surface area contributed by atoms with E-state index in [0.29, 0.717) is 0 Å². The first kappa shape index (κ1) is 32.8. The largest absolute Gasteiger partial charge is 0.456 e. The molecule has 0 aliphatic rings. The maximum atomic E-state index is 6.36. The predicted molar refractivity (Wildman–Crippen MR) is 239 cm³/mol. The second-order valence-electron chi connectivity index (χ2n) is 14.5. The van der Waals surface area contributed by atoms with Crippen LogP contribution in [0, 0.1) is 0 Å². The average molecular weight is 729 g/mol. The highest BCUT2D eigenvalue weighted by atomic mass is 16.3. The summed E-state index contributed by atoms with van der Waals surface area (Å²) in [6.45, 7) is 0. The summed E-state index contributed by atoms with van der Waals surface area (Å²) < 4.78 is 8.74. The van der Waals surface area contributed by atoms with E-state index in [-0.39, 0.29) is 0 Å². The van der Waals surface area contributed by atoms with E-state index in [1.54, 1.807) is 0 Å². The van der Waals surface area contributed by atoms with Gasteiger partial charge in [-0.25, -0.2) is 0 Å². The predicted octanol–water partition coefficient (Wildman–Crippen LogP) is 15.2. The molecule has 0 amide bonds. The van der Waals surface area contributed by atoms with Gasteiger partial charge in [-0.15, -0.1) is 0 Å². The first-order valence-electron chi connectivity index (χ1n) is 19.4. The average Bonchev–Trinajstić information content (AvgIpc) is 3.84. The van der Waals surface area contributed by atoms with Crippen molar-refractivity contribution in [3.05, 3.63) is 218 Å². The summed E-state index contributed by atoms with van der Waals surface area (Å²) in [5.74, 6) is 0. The van der Waals surface area contributed by atoms with Crippen LogP contribution in [-0.4, -0.2) is 4.57 Å². The molecule has 0 spiro atoms. The van der Waals surface area contributed by atoms with Crippen LogP contribution in [0.2, 0.25) is 0 Å². The smallest absolute Gasteiger partial charge is 0.136 e. The van der Waals surface area contributed by atoms with Crippen molar-refractivity contribution in [1.82, 2.24) is 4.57 Å². The number of furan rings is 1. The van der Waals surface area contributed by atoms with Gasteiger partial charge in [0.25, 0.3) is 0 Å². The lowest BCUT2D eigenvalue weighted by molar-refractivity contribution is 0.669. The maximum absolute atomic E-state index is 6.36. The van der Waals surface area contributed by atoms with Crippen LogP contribution in [-0.2, 0) is 0 Å². The van der Waals surface area contributed by atoms with E-state index >= 15 is 0 Å². The van der Waals surface area contributed by atoms with E-state index in [1.807, 2.05) is 12.1 Å². The molecule has 2 aromatic heterocycles. The number of aromatic nitrogens is 1. The fourth-order valence-corrected chi connectivity index (χ4v) is 8.61. The first-order chi connectivity index (χ1) is 28.3. The number of anilines is 3. The van der Waals surface area contributed by atoms with Crippen molar-refractivity contribution in [2.75, 3.05) is 4.90 Å². The van der Waals surface area contributed by atoms with Gasteiger partial charge in [0.15, 0.2) is 0 Å². The second-order valence-corrected chi connectivity index (χ2v) is 14.5. The number of benzene rings is 9. The molecule has 0 fully saturated rings. The Bertz CT molecular complexity index is 3190. The van der Waals surface area contributed by atoms with Crippen molar-refractivity contribution >= 4 is 60.8 Å². The van der Waals surface area contributed by atoms with Gasteiger partial charge in [-0.05, 0) is 94.5 Å². The lowest BCUT2D eigenvalue weighted by Crippen LogP contribution is -2.11. The molecule has 11 rings (SSSR count). The zero-order valence-corrected chi connectivity index (χ0v) is 31.1. The van der Waals surface area contributed by atoms with Crippen LogP contribution >= 0.6 is 0 Å². The van der Waals surface area contributed by atoms with Crippen LogP contribution in [0.4, 0.5) is 17.1 Å². The zero-order valence-electron chi connectivity index (χ0n) is 31.1. The zero-order chi connectivity index (χ0) is 37.7. The Hall–Kier alpha value is -7.62. The molecule has 57 heavy (non-hydrogen) atoms. The van der Waals surface area contributed by atoms with Gasteiger partial charge in [-0.3, -0.25) is 0 Å². The molecule has 268 valence electrons. The van der Waals surface area contributed by atoms with Crippen molar-refractivity contribution in [2.24, 2.45) is 0 Å². The van der Waals surface area contributed by atoms with Crippen molar-refractivity contribution in [3.8, 4) is 39.1 Å². The van der Waals surface area contributed by atoms with Gasteiger partial charge in [0, 0.05) is 44.2 Å². The third-order valence-corrected chi connectivity index (χ3v) is 11.2. The minimum atomic E-state index is 0.883. The summed E-state index contributed by atoms with van der Waals surface area (Å²) in [7, 11) is 0. The molecule has 0 unspecified atom stereocenters.